The average Bonchev–Trinajstić information content (AvgIpc) is 2.11. The average molecular weight is 204 g/mol. The van der Waals surface area contributed by atoms with Gasteiger partial charge in [-0.05, 0) is 12.5 Å². The molecule has 66 valence electrons. The summed E-state index contributed by atoms with van der Waals surface area (Å²) in [6, 6.07) is 0. The summed E-state index contributed by atoms with van der Waals surface area (Å²) in [5, 5.41) is -0.696. The van der Waals surface area contributed by atoms with Crippen molar-refractivity contribution in [2.75, 3.05) is 12.5 Å². The number of carbonyl (C=O) groups excluding carboxylic acids is 2. The van der Waals surface area contributed by atoms with Crippen molar-refractivity contribution in [2.24, 2.45) is 9.98 Å². The third-order valence-electron chi connectivity index (χ3n) is 1.09. The molecular weight excluding hydrogens is 196 g/mol. The van der Waals surface area contributed by atoms with Crippen LogP contribution in [0.25, 0.3) is 0 Å². The van der Waals surface area contributed by atoms with Crippen molar-refractivity contribution in [3.05, 3.63) is 0 Å². The number of thioether (sulfide) groups is 2. The molecule has 0 aromatic carbocycles. The maximum Gasteiger partial charge on any atom is 0.236 e. The van der Waals surface area contributed by atoms with Crippen molar-refractivity contribution < 1.29 is 9.59 Å². The van der Waals surface area contributed by atoms with E-state index in [9.17, 15) is 9.59 Å². The zero-order valence-electron chi connectivity index (χ0n) is 6.68. The van der Waals surface area contributed by atoms with Crippen molar-refractivity contribution in [2.45, 2.75) is 10.7 Å². The molecule has 0 saturated carbocycles. The van der Waals surface area contributed by atoms with E-state index in [2.05, 4.69) is 9.98 Å². The van der Waals surface area contributed by atoms with Gasteiger partial charge in [-0.1, -0.05) is 0 Å². The summed E-state index contributed by atoms with van der Waals surface area (Å²) in [5.74, 6) is 0. The first-order chi connectivity index (χ1) is 5.79. The Balaban J connectivity index is 4.41. The smallest absolute Gasteiger partial charge is 0.211 e. The molecule has 4 nitrogen and oxygen atoms in total. The van der Waals surface area contributed by atoms with Crippen molar-refractivity contribution in [3.63, 3.8) is 0 Å². The monoisotopic (exact) mass is 204 g/mol. The molecule has 0 saturated heterocycles. The van der Waals surface area contributed by atoms with Crippen LogP contribution in [0.3, 0.4) is 0 Å². The van der Waals surface area contributed by atoms with Gasteiger partial charge in [-0.2, -0.15) is 9.98 Å². The van der Waals surface area contributed by atoms with E-state index in [1.165, 1.54) is 35.7 Å². The van der Waals surface area contributed by atoms with Crippen LogP contribution in [0.2, 0.25) is 0 Å². The fourth-order valence-corrected chi connectivity index (χ4v) is 2.12. The van der Waals surface area contributed by atoms with Crippen LogP contribution in [0.5, 0.6) is 0 Å². The van der Waals surface area contributed by atoms with E-state index in [-0.39, 0.29) is 10.7 Å². The molecular formula is C6H8N2O2S2. The summed E-state index contributed by atoms with van der Waals surface area (Å²) in [4.78, 5) is 26.9. The molecule has 2 atom stereocenters. The summed E-state index contributed by atoms with van der Waals surface area (Å²) in [6.07, 6.45) is 6.46. The summed E-state index contributed by atoms with van der Waals surface area (Å²) >= 11 is 2.69. The highest BCUT2D eigenvalue weighted by molar-refractivity contribution is 8.03. The van der Waals surface area contributed by atoms with Crippen LogP contribution >= 0.6 is 23.5 Å². The minimum Gasteiger partial charge on any atom is -0.211 e. The van der Waals surface area contributed by atoms with Crippen LogP contribution in [0.15, 0.2) is 9.98 Å². The minimum absolute atomic E-state index is 0.348. The second kappa shape index (κ2) is 7.13. The maximum absolute atomic E-state index is 9.94. The standard InChI is InChI=1S/C6H8N2O2S2/c1-11-5(7-3-9)6(12-2)8-4-10/h5-6H,1-2H3. The van der Waals surface area contributed by atoms with Crippen LogP contribution in [0.4, 0.5) is 0 Å². The highest BCUT2D eigenvalue weighted by Crippen LogP contribution is 2.22. The predicted octanol–water partition coefficient (Wildman–Crippen LogP) is 1.04. The quantitative estimate of drug-likeness (QED) is 0.496. The van der Waals surface area contributed by atoms with Gasteiger partial charge in [-0.25, -0.2) is 9.59 Å². The summed E-state index contributed by atoms with van der Waals surface area (Å²) in [7, 11) is 0. The van der Waals surface area contributed by atoms with Crippen molar-refractivity contribution in [1.29, 1.82) is 0 Å². The Morgan fingerprint density at radius 1 is 1.00 bits per heavy atom. The molecule has 6 heteroatoms. The molecule has 0 radical (unpaired) electrons. The highest BCUT2D eigenvalue weighted by atomic mass is 32.2. The maximum atomic E-state index is 9.94. The lowest BCUT2D eigenvalue weighted by Gasteiger charge is -2.12. The van der Waals surface area contributed by atoms with Gasteiger partial charge >= 0.3 is 0 Å². The number of rotatable bonds is 5. The molecule has 0 aromatic heterocycles. The van der Waals surface area contributed by atoms with Gasteiger partial charge in [0.15, 0.2) is 0 Å². The van der Waals surface area contributed by atoms with Gasteiger partial charge in [0.2, 0.25) is 12.2 Å². The van der Waals surface area contributed by atoms with Gasteiger partial charge in [0.1, 0.15) is 10.7 Å². The summed E-state index contributed by atoms with van der Waals surface area (Å²) in [6.45, 7) is 0. The molecule has 0 aromatic rings. The predicted molar refractivity (Wildman–Crippen MR) is 50.8 cm³/mol. The minimum atomic E-state index is -0.348. The topological polar surface area (TPSA) is 58.9 Å². The third-order valence-corrected chi connectivity index (χ3v) is 2.95. The molecule has 0 rings (SSSR count). The third kappa shape index (κ3) is 3.74. The van der Waals surface area contributed by atoms with Crippen LogP contribution in [0.1, 0.15) is 0 Å². The lowest BCUT2D eigenvalue weighted by molar-refractivity contribution is 0.557. The van der Waals surface area contributed by atoms with Gasteiger partial charge in [0, 0.05) is 0 Å². The first kappa shape index (κ1) is 11.5. The molecule has 0 N–H and O–H groups in total. The normalized spacial score (nSPS) is 13.8. The fourth-order valence-electron chi connectivity index (χ4n) is 0.570. The Hall–Kier alpha value is -0.540. The molecule has 0 aliphatic heterocycles. The molecule has 0 heterocycles. The SMILES string of the molecule is CSC(N=C=O)C(N=C=O)SC. The molecule has 2 unspecified atom stereocenters. The number of aliphatic imine (C=N–C) groups is 2. The van der Waals surface area contributed by atoms with E-state index < -0.39 is 0 Å². The van der Waals surface area contributed by atoms with Crippen molar-refractivity contribution in [1.82, 2.24) is 0 Å². The van der Waals surface area contributed by atoms with E-state index in [0.717, 1.165) is 0 Å². The van der Waals surface area contributed by atoms with Gasteiger partial charge in [0.05, 0.1) is 0 Å². The lowest BCUT2D eigenvalue weighted by Crippen LogP contribution is -2.14. The highest BCUT2D eigenvalue weighted by Gasteiger charge is 2.17. The molecule has 0 bridgehead atoms. The summed E-state index contributed by atoms with van der Waals surface area (Å²) < 4.78 is 0. The van der Waals surface area contributed by atoms with E-state index in [4.69, 9.17) is 0 Å². The molecule has 0 spiro atoms. The molecule has 12 heavy (non-hydrogen) atoms. The molecule has 0 amide bonds. The van der Waals surface area contributed by atoms with Crippen LogP contribution in [0, 0.1) is 0 Å². The first-order valence-corrected chi connectivity index (χ1v) is 5.57. The second-order valence-corrected chi connectivity index (χ2v) is 3.60. The summed E-state index contributed by atoms with van der Waals surface area (Å²) in [5.41, 5.74) is 0. The number of isocyanates is 2. The zero-order chi connectivity index (χ0) is 9.40. The molecule has 0 fully saturated rings. The van der Waals surface area contributed by atoms with Gasteiger partial charge < -0.3 is 0 Å². The van der Waals surface area contributed by atoms with Gasteiger partial charge in [-0.15, -0.1) is 23.5 Å². The van der Waals surface area contributed by atoms with E-state index in [1.807, 2.05) is 0 Å². The lowest BCUT2D eigenvalue weighted by atomic mass is 10.6. The van der Waals surface area contributed by atoms with E-state index >= 15 is 0 Å². The van der Waals surface area contributed by atoms with Crippen LogP contribution in [-0.4, -0.2) is 35.4 Å². The Morgan fingerprint density at radius 3 is 1.50 bits per heavy atom. The van der Waals surface area contributed by atoms with Crippen molar-refractivity contribution in [3.8, 4) is 0 Å². The number of nitrogens with zero attached hydrogens (tertiary/aromatic N) is 2. The van der Waals surface area contributed by atoms with Gasteiger partial charge in [0.25, 0.3) is 0 Å². The number of hydrogen-bond acceptors (Lipinski definition) is 6. The van der Waals surface area contributed by atoms with Crippen LogP contribution < -0.4 is 0 Å². The van der Waals surface area contributed by atoms with Gasteiger partial charge in [-0.3, -0.25) is 0 Å². The van der Waals surface area contributed by atoms with E-state index in [1.54, 1.807) is 12.5 Å². The number of hydrogen-bond donors (Lipinski definition) is 0. The second-order valence-electron chi connectivity index (χ2n) is 1.69. The zero-order valence-corrected chi connectivity index (χ0v) is 8.32. The fraction of sp³-hybridized carbons (Fsp3) is 0.667. The largest absolute Gasteiger partial charge is 0.236 e. The Labute approximate surface area is 78.9 Å². The van der Waals surface area contributed by atoms with E-state index in [0.29, 0.717) is 0 Å². The van der Waals surface area contributed by atoms with Crippen LogP contribution in [-0.2, 0) is 9.59 Å². The van der Waals surface area contributed by atoms with Crippen molar-refractivity contribution >= 4 is 35.7 Å². The molecule has 0 aliphatic rings. The first-order valence-electron chi connectivity index (χ1n) is 2.99. The molecule has 0 aliphatic carbocycles. The Kier molecular flexibility index (Phi) is 6.81. The Morgan fingerprint density at radius 2 is 1.33 bits per heavy atom. The Bertz CT molecular complexity index is 198.